The first kappa shape index (κ1) is 36.9. The van der Waals surface area contributed by atoms with Crippen LogP contribution in [-0.2, 0) is 47.0 Å². The molecule has 3 aliphatic carbocycles. The molecule has 53 heavy (non-hydrogen) atoms. The number of hydrogen-bond acceptors (Lipinski definition) is 9. The van der Waals surface area contributed by atoms with E-state index >= 15 is 0 Å². The van der Waals surface area contributed by atoms with Crippen LogP contribution in [0.25, 0.3) is 6.08 Å². The van der Waals surface area contributed by atoms with Crippen molar-refractivity contribution in [2.45, 2.75) is 114 Å². The molecule has 14 nitrogen and oxygen atoms in total. The third-order valence-electron chi connectivity index (χ3n) is 11.6. The van der Waals surface area contributed by atoms with Crippen LogP contribution in [0, 0.1) is 17.3 Å². The van der Waals surface area contributed by atoms with Crippen LogP contribution in [0.2, 0.25) is 0 Å². The molecule has 4 bridgehead atoms. The van der Waals surface area contributed by atoms with Gasteiger partial charge < -0.3 is 25.0 Å². The molecule has 3 saturated carbocycles. The van der Waals surface area contributed by atoms with Gasteiger partial charge in [-0.05, 0) is 61.1 Å². The lowest BCUT2D eigenvalue weighted by molar-refractivity contribution is -0.142. The number of rotatable bonds is 7. The summed E-state index contributed by atoms with van der Waals surface area (Å²) in [6.07, 6.45) is 8.04. The summed E-state index contributed by atoms with van der Waals surface area (Å²) >= 11 is 0. The summed E-state index contributed by atoms with van der Waals surface area (Å²) in [5.41, 5.74) is 0.976. The van der Waals surface area contributed by atoms with E-state index in [9.17, 15) is 32.4 Å². The van der Waals surface area contributed by atoms with Crippen LogP contribution in [0.1, 0.15) is 88.3 Å². The standard InChI is InChI=1S/C38H49N5O9S/c1-4-26-18-38(26,34(46)41-53(49,50)28-14-15-28)40-32(44)30-17-27-20-43(30)33(45)31(24-9-5-6-10-24)39-35(47)51-22-37(2,3)16-8-13-23-11-7-12-25-19-42(21-29(23)25)36(48)52-27/h4,7-8,11-13,24,26-28,30-31H,1,5-6,9-10,14-22H2,2-3H3,(H,39,47)(H,40,44)(H,41,46)/b13-8+/t26-,27-,30+,31+,38-/m1/s1. The molecule has 3 aliphatic heterocycles. The van der Waals surface area contributed by atoms with Gasteiger partial charge in [0.1, 0.15) is 23.7 Å². The summed E-state index contributed by atoms with van der Waals surface area (Å²) in [7, 11) is -3.91. The number of nitrogens with one attached hydrogen (secondary N) is 3. The van der Waals surface area contributed by atoms with Gasteiger partial charge in [-0.1, -0.05) is 63.1 Å². The van der Waals surface area contributed by atoms with Crippen LogP contribution in [0.5, 0.6) is 0 Å². The maximum absolute atomic E-state index is 14.6. The second-order valence-electron chi connectivity index (χ2n) is 16.3. The van der Waals surface area contributed by atoms with Crippen LogP contribution < -0.4 is 15.4 Å². The lowest BCUT2D eigenvalue weighted by atomic mass is 9.90. The van der Waals surface area contributed by atoms with Crippen molar-refractivity contribution in [3.63, 3.8) is 0 Å². The summed E-state index contributed by atoms with van der Waals surface area (Å²) in [5.74, 6) is -2.80. The first-order chi connectivity index (χ1) is 25.2. The van der Waals surface area contributed by atoms with Crippen LogP contribution in [-0.4, -0.2) is 90.3 Å². The van der Waals surface area contributed by atoms with Crippen molar-refractivity contribution in [3.8, 4) is 0 Å². The van der Waals surface area contributed by atoms with Gasteiger partial charge in [0.25, 0.3) is 5.91 Å². The maximum atomic E-state index is 14.6. The molecule has 1 aromatic carbocycles. The highest BCUT2D eigenvalue weighted by atomic mass is 32.2. The van der Waals surface area contributed by atoms with Crippen molar-refractivity contribution >= 4 is 46.0 Å². The fourth-order valence-electron chi connectivity index (χ4n) is 8.19. The van der Waals surface area contributed by atoms with Crippen molar-refractivity contribution < 1.29 is 41.9 Å². The van der Waals surface area contributed by atoms with E-state index in [1.165, 1.54) is 11.0 Å². The molecule has 3 N–H and O–H groups in total. The molecule has 0 radical (unpaired) electrons. The van der Waals surface area contributed by atoms with E-state index in [0.29, 0.717) is 45.2 Å². The minimum absolute atomic E-state index is 0.0645. The van der Waals surface area contributed by atoms with Gasteiger partial charge in [0.15, 0.2) is 0 Å². The topological polar surface area (TPSA) is 181 Å². The molecule has 286 valence electrons. The second-order valence-corrected chi connectivity index (χ2v) is 18.2. The summed E-state index contributed by atoms with van der Waals surface area (Å²) < 4.78 is 39.2. The summed E-state index contributed by atoms with van der Waals surface area (Å²) in [6.45, 7) is 8.38. The number of ether oxygens (including phenoxy) is 2. The molecule has 0 unspecified atom stereocenters. The third kappa shape index (κ3) is 7.67. The molecule has 4 fully saturated rings. The van der Waals surface area contributed by atoms with Crippen molar-refractivity contribution in [1.82, 2.24) is 25.2 Å². The van der Waals surface area contributed by atoms with E-state index in [2.05, 4.69) is 21.9 Å². The van der Waals surface area contributed by atoms with Crippen LogP contribution in [0.3, 0.4) is 0 Å². The molecular formula is C38H49N5O9S. The molecule has 15 heteroatoms. The van der Waals surface area contributed by atoms with E-state index in [4.69, 9.17) is 9.47 Å². The number of benzene rings is 1. The normalized spacial score (nSPS) is 30.9. The van der Waals surface area contributed by atoms with Crippen LogP contribution >= 0.6 is 0 Å². The average Bonchev–Trinajstić information content (AvgIpc) is 3.89. The molecule has 5 atom stereocenters. The van der Waals surface area contributed by atoms with Crippen molar-refractivity contribution in [2.24, 2.45) is 17.3 Å². The summed E-state index contributed by atoms with van der Waals surface area (Å²) in [6, 6.07) is 3.70. The molecular weight excluding hydrogens is 703 g/mol. The van der Waals surface area contributed by atoms with Crippen LogP contribution in [0.15, 0.2) is 36.9 Å². The summed E-state index contributed by atoms with van der Waals surface area (Å²) in [4.78, 5) is 72.2. The van der Waals surface area contributed by atoms with Gasteiger partial charge in [-0.25, -0.2) is 18.0 Å². The highest BCUT2D eigenvalue weighted by molar-refractivity contribution is 7.91. The molecule has 1 saturated heterocycles. The lowest BCUT2D eigenvalue weighted by Crippen LogP contribution is -2.59. The number of nitrogens with zero attached hydrogens (tertiary/aromatic N) is 2. The fourth-order valence-corrected chi connectivity index (χ4v) is 9.55. The number of alkyl carbamates (subject to hydrolysis) is 1. The average molecular weight is 752 g/mol. The van der Waals surface area contributed by atoms with E-state index in [1.54, 1.807) is 4.90 Å². The Morgan fingerprint density at radius 3 is 2.53 bits per heavy atom. The molecule has 0 aromatic heterocycles. The van der Waals surface area contributed by atoms with E-state index in [1.807, 2.05) is 44.2 Å². The van der Waals surface area contributed by atoms with Crippen molar-refractivity contribution in [3.05, 3.63) is 53.6 Å². The number of cyclic esters (lactones) is 1. The number of amides is 5. The number of carbonyl (C=O) groups is 5. The molecule has 1 aromatic rings. The molecule has 5 amide bonds. The fraction of sp³-hybridized carbons (Fsp3) is 0.605. The Balaban J connectivity index is 1.18. The maximum Gasteiger partial charge on any atom is 0.410 e. The Bertz CT molecular complexity index is 1840. The predicted octanol–water partition coefficient (Wildman–Crippen LogP) is 3.51. The third-order valence-corrected chi connectivity index (χ3v) is 13.4. The van der Waals surface area contributed by atoms with Gasteiger partial charge in [-0.2, -0.15) is 0 Å². The number of fused-ring (bicyclic) bond motifs is 3. The smallest absolute Gasteiger partial charge is 0.410 e. The van der Waals surface area contributed by atoms with Gasteiger partial charge in [-0.3, -0.25) is 24.0 Å². The molecule has 7 rings (SSSR count). The van der Waals surface area contributed by atoms with Gasteiger partial charge in [-0.15, -0.1) is 6.58 Å². The largest absolute Gasteiger partial charge is 0.449 e. The minimum Gasteiger partial charge on any atom is -0.449 e. The number of carbonyl (C=O) groups excluding carboxylic acids is 5. The SMILES string of the molecule is C=C[C@@H]1C[C@]1(NC(=O)[C@@H]1C[C@@H]2CN1C(=O)[C@H](C1CCCC1)NC(=O)OCC(C)(C)C/C=C/c1cccc3c1CN(C3)C(=O)O2)C(=O)NS(=O)(=O)C1CC1. The quantitative estimate of drug-likeness (QED) is 0.352. The highest BCUT2D eigenvalue weighted by Gasteiger charge is 2.62. The van der Waals surface area contributed by atoms with E-state index < -0.39 is 80.2 Å². The Labute approximate surface area is 310 Å². The molecule has 0 spiro atoms. The number of sulfonamides is 1. The molecule has 6 aliphatic rings. The second kappa shape index (κ2) is 14.1. The number of hydrogen-bond donors (Lipinski definition) is 3. The highest BCUT2D eigenvalue weighted by Crippen LogP contribution is 2.45. The minimum atomic E-state index is -3.91. The Morgan fingerprint density at radius 2 is 1.83 bits per heavy atom. The zero-order valence-corrected chi connectivity index (χ0v) is 31.1. The summed E-state index contributed by atoms with van der Waals surface area (Å²) in [5, 5.41) is 4.94. The number of allylic oxidation sites excluding steroid dienone is 1. The Morgan fingerprint density at radius 1 is 1.08 bits per heavy atom. The van der Waals surface area contributed by atoms with Gasteiger partial charge in [0.2, 0.25) is 21.8 Å². The Hall–Kier alpha value is -4.40. The first-order valence-corrected chi connectivity index (χ1v) is 20.2. The first-order valence-electron chi connectivity index (χ1n) is 18.7. The predicted molar refractivity (Wildman–Crippen MR) is 193 cm³/mol. The molecule has 3 heterocycles. The van der Waals surface area contributed by atoms with E-state index in [0.717, 1.165) is 29.5 Å². The van der Waals surface area contributed by atoms with Crippen molar-refractivity contribution in [2.75, 3.05) is 13.2 Å². The van der Waals surface area contributed by atoms with E-state index in [-0.39, 0.29) is 31.9 Å². The lowest BCUT2D eigenvalue weighted by Gasteiger charge is -2.32. The van der Waals surface area contributed by atoms with Gasteiger partial charge >= 0.3 is 12.2 Å². The zero-order valence-electron chi connectivity index (χ0n) is 30.3. The monoisotopic (exact) mass is 751 g/mol. The van der Waals surface area contributed by atoms with Crippen molar-refractivity contribution in [1.29, 1.82) is 0 Å². The van der Waals surface area contributed by atoms with Gasteiger partial charge in [0, 0.05) is 24.3 Å². The van der Waals surface area contributed by atoms with Crippen LogP contribution in [0.4, 0.5) is 9.59 Å². The van der Waals surface area contributed by atoms with Gasteiger partial charge in [0.05, 0.1) is 24.9 Å². The Kier molecular flexibility index (Phi) is 9.83. The zero-order chi connectivity index (χ0) is 37.7.